The zero-order chi connectivity index (χ0) is 29.7. The van der Waals surface area contributed by atoms with Crippen molar-refractivity contribution in [1.82, 2.24) is 19.4 Å². The van der Waals surface area contributed by atoms with Crippen LogP contribution >= 0.6 is 0 Å². The van der Waals surface area contributed by atoms with Crippen molar-refractivity contribution in [2.24, 2.45) is 29.0 Å². The molecule has 1 saturated carbocycles. The third kappa shape index (κ3) is 7.52. The fourth-order valence-electron chi connectivity index (χ4n) is 6.44. The maximum Gasteiger partial charge on any atom is 0.354 e. The molecule has 4 atom stereocenters. The summed E-state index contributed by atoms with van der Waals surface area (Å²) in [7, 11) is 0. The third-order valence-corrected chi connectivity index (χ3v) is 8.72. The summed E-state index contributed by atoms with van der Waals surface area (Å²) in [5, 5.41) is 0. The fourth-order valence-corrected chi connectivity index (χ4v) is 6.44. The van der Waals surface area contributed by atoms with Gasteiger partial charge in [-0.1, -0.05) is 12.1 Å². The van der Waals surface area contributed by atoms with Crippen LogP contribution in [0.3, 0.4) is 0 Å². The number of anilines is 1. The van der Waals surface area contributed by atoms with Crippen LogP contribution in [0.25, 0.3) is 5.69 Å². The summed E-state index contributed by atoms with van der Waals surface area (Å²) >= 11 is 0. The molecule has 11 nitrogen and oxygen atoms in total. The average Bonchev–Trinajstić information content (AvgIpc) is 3.37. The van der Waals surface area contributed by atoms with E-state index in [1.807, 2.05) is 23.1 Å². The van der Waals surface area contributed by atoms with Gasteiger partial charge in [-0.2, -0.15) is 4.98 Å². The third-order valence-electron chi connectivity index (χ3n) is 8.72. The summed E-state index contributed by atoms with van der Waals surface area (Å²) in [4.78, 5) is 44.7. The SMILES string of the molecule is CC(Cc1ccc(-n2ccc(N3CCN(C(=O)C(C)(C)N)CC3)nc2=O)cc1)N1CC2CCC(N)CC2C1.NC=O. The first-order valence-corrected chi connectivity index (χ1v) is 14.7. The van der Waals surface area contributed by atoms with E-state index < -0.39 is 5.54 Å². The highest BCUT2D eigenvalue weighted by molar-refractivity contribution is 5.85. The lowest BCUT2D eigenvalue weighted by molar-refractivity contribution is -0.136. The van der Waals surface area contributed by atoms with Gasteiger partial charge in [0.05, 0.1) is 11.2 Å². The standard InChI is InChI=1S/C29H43N7O2.CH3NO/c1-20(35-18-22-6-7-24(30)17-23(22)19-35)16-21-4-8-25(9-5-21)36-11-10-26(32-28(36)38)33-12-14-34(15-13-33)27(37)29(2,3)31;2-1-3/h4-5,8-11,20,22-24H,6-7,12-19,30-31H2,1-3H3;1H,(H2,2,3). The van der Waals surface area contributed by atoms with Crippen LogP contribution in [-0.4, -0.2) is 88.6 Å². The molecule has 3 fully saturated rings. The molecule has 1 aliphatic carbocycles. The number of nitrogens with two attached hydrogens (primary N) is 3. The molecule has 1 aromatic carbocycles. The highest BCUT2D eigenvalue weighted by Crippen LogP contribution is 2.36. The molecule has 224 valence electrons. The van der Waals surface area contributed by atoms with Crippen molar-refractivity contribution in [3.63, 3.8) is 0 Å². The van der Waals surface area contributed by atoms with Gasteiger partial charge in [-0.05, 0) is 82.1 Å². The maximum atomic E-state index is 12.9. The Bertz CT molecular complexity index is 1230. The summed E-state index contributed by atoms with van der Waals surface area (Å²) < 4.78 is 1.59. The number of primary amides is 1. The summed E-state index contributed by atoms with van der Waals surface area (Å²) in [6.07, 6.45) is 6.65. The molecule has 41 heavy (non-hydrogen) atoms. The van der Waals surface area contributed by atoms with E-state index in [1.165, 1.54) is 37.9 Å². The van der Waals surface area contributed by atoms with Crippen LogP contribution < -0.4 is 27.8 Å². The molecule has 0 spiro atoms. The van der Waals surface area contributed by atoms with Gasteiger partial charge in [0.1, 0.15) is 5.82 Å². The Balaban J connectivity index is 0.00000124. The largest absolute Gasteiger partial charge is 0.372 e. The monoisotopic (exact) mass is 566 g/mol. The first kappa shape index (κ1) is 30.7. The highest BCUT2D eigenvalue weighted by atomic mass is 16.2. The molecular formula is C30H46N8O3. The highest BCUT2D eigenvalue weighted by Gasteiger charge is 2.38. The smallest absolute Gasteiger partial charge is 0.354 e. The second-order valence-corrected chi connectivity index (χ2v) is 12.3. The second-order valence-electron chi connectivity index (χ2n) is 12.3. The molecule has 1 aromatic heterocycles. The molecule has 0 radical (unpaired) electrons. The van der Waals surface area contributed by atoms with E-state index in [2.05, 4.69) is 34.7 Å². The number of carbonyl (C=O) groups excluding carboxylic acids is 2. The molecule has 3 aliphatic rings. The summed E-state index contributed by atoms with van der Waals surface area (Å²) in [6.45, 7) is 10.5. The first-order valence-electron chi connectivity index (χ1n) is 14.7. The Hall–Kier alpha value is -3.28. The molecule has 2 saturated heterocycles. The average molecular weight is 567 g/mol. The van der Waals surface area contributed by atoms with Gasteiger partial charge in [0.15, 0.2) is 0 Å². The number of amides is 2. The first-order chi connectivity index (χ1) is 19.5. The Labute approximate surface area is 242 Å². The van der Waals surface area contributed by atoms with Crippen molar-refractivity contribution in [1.29, 1.82) is 0 Å². The van der Waals surface area contributed by atoms with Crippen LogP contribution in [0.15, 0.2) is 41.3 Å². The van der Waals surface area contributed by atoms with E-state index in [9.17, 15) is 9.59 Å². The minimum atomic E-state index is -0.879. The summed E-state index contributed by atoms with van der Waals surface area (Å²) in [5.74, 6) is 2.16. The molecule has 0 bridgehead atoms. The number of rotatable bonds is 6. The van der Waals surface area contributed by atoms with E-state index in [-0.39, 0.29) is 18.0 Å². The van der Waals surface area contributed by atoms with Crippen LogP contribution in [0.1, 0.15) is 45.6 Å². The Morgan fingerprint density at radius 1 is 1.07 bits per heavy atom. The van der Waals surface area contributed by atoms with Gasteiger partial charge in [0.25, 0.3) is 0 Å². The number of hydrogen-bond donors (Lipinski definition) is 3. The minimum Gasteiger partial charge on any atom is -0.372 e. The molecule has 11 heteroatoms. The predicted molar refractivity (Wildman–Crippen MR) is 161 cm³/mol. The number of benzene rings is 1. The molecule has 2 aliphatic heterocycles. The van der Waals surface area contributed by atoms with E-state index in [4.69, 9.17) is 16.3 Å². The quantitative estimate of drug-likeness (QED) is 0.432. The van der Waals surface area contributed by atoms with E-state index in [0.29, 0.717) is 44.1 Å². The predicted octanol–water partition coefficient (Wildman–Crippen LogP) is 0.710. The fraction of sp³-hybridized carbons (Fsp3) is 0.600. The molecule has 6 N–H and O–H groups in total. The summed E-state index contributed by atoms with van der Waals surface area (Å²) in [5.41, 5.74) is 17.3. The van der Waals surface area contributed by atoms with Gasteiger partial charge >= 0.3 is 5.69 Å². The molecule has 2 amide bonds. The summed E-state index contributed by atoms with van der Waals surface area (Å²) in [6, 6.07) is 11.0. The lowest BCUT2D eigenvalue weighted by atomic mass is 9.79. The van der Waals surface area contributed by atoms with Crippen LogP contribution in [0.2, 0.25) is 0 Å². The van der Waals surface area contributed by atoms with Gasteiger partial charge in [-0.25, -0.2) is 4.79 Å². The molecule has 4 unspecified atom stereocenters. The molecule has 2 aromatic rings. The lowest BCUT2D eigenvalue weighted by Crippen LogP contribution is -2.57. The Morgan fingerprint density at radius 2 is 1.71 bits per heavy atom. The minimum absolute atomic E-state index is 0.0541. The van der Waals surface area contributed by atoms with E-state index in [0.717, 1.165) is 23.9 Å². The number of piperazine rings is 1. The number of hydrogen-bond acceptors (Lipinski definition) is 8. The Morgan fingerprint density at radius 3 is 2.32 bits per heavy atom. The van der Waals surface area contributed by atoms with Crippen molar-refractivity contribution in [2.45, 2.75) is 64.1 Å². The van der Waals surface area contributed by atoms with Gasteiger partial charge in [0, 0.05) is 57.5 Å². The Kier molecular flexibility index (Phi) is 9.83. The van der Waals surface area contributed by atoms with Crippen molar-refractivity contribution in [3.8, 4) is 5.69 Å². The van der Waals surface area contributed by atoms with Gasteiger partial charge in [-0.15, -0.1) is 0 Å². The van der Waals surface area contributed by atoms with Crippen LogP contribution in [0.5, 0.6) is 0 Å². The molecule has 3 heterocycles. The lowest BCUT2D eigenvalue weighted by Gasteiger charge is -2.37. The molecular weight excluding hydrogens is 520 g/mol. The van der Waals surface area contributed by atoms with Crippen molar-refractivity contribution in [3.05, 3.63) is 52.6 Å². The number of nitrogens with zero attached hydrogens (tertiary/aromatic N) is 5. The zero-order valence-electron chi connectivity index (χ0n) is 24.6. The van der Waals surface area contributed by atoms with Crippen molar-refractivity contribution in [2.75, 3.05) is 44.2 Å². The number of aromatic nitrogens is 2. The maximum absolute atomic E-state index is 12.9. The van der Waals surface area contributed by atoms with E-state index >= 15 is 0 Å². The number of carbonyl (C=O) groups is 2. The number of likely N-dealkylation sites (tertiary alicyclic amines) is 1. The van der Waals surface area contributed by atoms with Gasteiger partial charge in [0.2, 0.25) is 12.3 Å². The normalized spacial score (nSPS) is 23.8. The van der Waals surface area contributed by atoms with Crippen molar-refractivity contribution < 1.29 is 9.59 Å². The number of fused-ring (bicyclic) bond motifs is 1. The molecule has 5 rings (SSSR count). The van der Waals surface area contributed by atoms with Crippen LogP contribution in [0, 0.1) is 11.8 Å². The topological polar surface area (TPSA) is 157 Å². The van der Waals surface area contributed by atoms with Gasteiger partial charge in [-0.3, -0.25) is 19.1 Å². The van der Waals surface area contributed by atoms with E-state index in [1.54, 1.807) is 29.5 Å². The van der Waals surface area contributed by atoms with Crippen LogP contribution in [0.4, 0.5) is 5.82 Å². The second kappa shape index (κ2) is 13.1. The van der Waals surface area contributed by atoms with Crippen LogP contribution in [-0.2, 0) is 16.0 Å². The zero-order valence-corrected chi connectivity index (χ0v) is 24.6. The van der Waals surface area contributed by atoms with Gasteiger partial charge < -0.3 is 27.0 Å². The van der Waals surface area contributed by atoms with Crippen molar-refractivity contribution >= 4 is 18.1 Å².